The number of nitrogens with zero attached hydrogens (tertiary/aromatic N) is 3. The van der Waals surface area contributed by atoms with Crippen LogP contribution in [-0.2, 0) is 26.3 Å². The van der Waals surface area contributed by atoms with Gasteiger partial charge in [-0.1, -0.05) is 24.3 Å². The first-order chi connectivity index (χ1) is 15.7. The van der Waals surface area contributed by atoms with Crippen LogP contribution in [0.2, 0.25) is 0 Å². The third kappa shape index (κ3) is 4.69. The Morgan fingerprint density at radius 1 is 0.970 bits per heavy atom. The fraction of sp³-hybridized carbons (Fsp3) is 0.333. The third-order valence-corrected chi connectivity index (χ3v) is 7.45. The van der Waals surface area contributed by atoms with E-state index in [1.165, 1.54) is 6.07 Å². The molecule has 0 aliphatic carbocycles. The molecule has 2 heterocycles. The van der Waals surface area contributed by atoms with Crippen LogP contribution in [-0.4, -0.2) is 27.7 Å². The number of aromatic nitrogens is 3. The molecular weight excluding hydrogens is 447 g/mol. The van der Waals surface area contributed by atoms with Crippen LogP contribution in [0.1, 0.15) is 36.5 Å². The molecule has 6 nitrogen and oxygen atoms in total. The van der Waals surface area contributed by atoms with Gasteiger partial charge in [0.05, 0.1) is 41.5 Å². The van der Waals surface area contributed by atoms with Crippen molar-refractivity contribution >= 4 is 29.5 Å². The fourth-order valence-corrected chi connectivity index (χ4v) is 5.88. The Kier molecular flexibility index (Phi) is 6.61. The summed E-state index contributed by atoms with van der Waals surface area (Å²) in [5.41, 5.74) is 3.98. The molecule has 0 bridgehead atoms. The van der Waals surface area contributed by atoms with Crippen LogP contribution in [0.15, 0.2) is 36.4 Å². The number of benzene rings is 2. The van der Waals surface area contributed by atoms with Crippen molar-refractivity contribution in [2.24, 2.45) is 0 Å². The van der Waals surface area contributed by atoms with E-state index >= 15 is 0 Å². The highest BCUT2D eigenvalue weighted by Gasteiger charge is 2.24. The van der Waals surface area contributed by atoms with E-state index in [9.17, 15) is 13.3 Å². The van der Waals surface area contributed by atoms with Crippen molar-refractivity contribution in [1.82, 2.24) is 14.5 Å². The van der Waals surface area contributed by atoms with E-state index in [0.29, 0.717) is 47.8 Å². The zero-order valence-corrected chi connectivity index (χ0v) is 20.0. The molecule has 0 saturated carbocycles. The SMILES string of the molecule is CCOP(=O)(Cc1ccc(Cn2c3cc(F)cc(F)c3c3nc(C)nc(C)c32)cc1)OCC. The van der Waals surface area contributed by atoms with Crippen LogP contribution in [0.4, 0.5) is 8.78 Å². The summed E-state index contributed by atoms with van der Waals surface area (Å²) in [7, 11) is -3.21. The van der Waals surface area contributed by atoms with E-state index < -0.39 is 19.2 Å². The molecule has 0 aliphatic heterocycles. The maximum Gasteiger partial charge on any atom is 0.335 e. The van der Waals surface area contributed by atoms with Crippen molar-refractivity contribution in [1.29, 1.82) is 0 Å². The molecule has 0 amide bonds. The van der Waals surface area contributed by atoms with Crippen LogP contribution in [0.3, 0.4) is 0 Å². The molecule has 0 unspecified atom stereocenters. The molecule has 0 N–H and O–H groups in total. The van der Waals surface area contributed by atoms with Gasteiger partial charge < -0.3 is 13.6 Å². The average molecular weight is 473 g/mol. The smallest absolute Gasteiger partial charge is 0.333 e. The Bertz CT molecular complexity index is 1360. The highest BCUT2D eigenvalue weighted by atomic mass is 31.2. The first-order valence-electron chi connectivity index (χ1n) is 10.8. The topological polar surface area (TPSA) is 66.2 Å². The van der Waals surface area contributed by atoms with Crippen LogP contribution >= 0.6 is 7.60 Å². The first-order valence-corrected chi connectivity index (χ1v) is 12.6. The van der Waals surface area contributed by atoms with E-state index in [4.69, 9.17) is 9.05 Å². The molecule has 9 heteroatoms. The van der Waals surface area contributed by atoms with Crippen molar-refractivity contribution in [3.05, 3.63) is 70.7 Å². The number of halogens is 2. The van der Waals surface area contributed by atoms with Crippen LogP contribution in [0, 0.1) is 25.5 Å². The summed E-state index contributed by atoms with van der Waals surface area (Å²) < 4.78 is 54.3. The van der Waals surface area contributed by atoms with Crippen LogP contribution < -0.4 is 0 Å². The lowest BCUT2D eigenvalue weighted by Gasteiger charge is -2.17. The monoisotopic (exact) mass is 473 g/mol. The average Bonchev–Trinajstić information content (AvgIpc) is 3.03. The second-order valence-corrected chi connectivity index (χ2v) is 9.90. The number of hydrogen-bond donors (Lipinski definition) is 0. The minimum atomic E-state index is -3.21. The standard InChI is InChI=1S/C24H26F2N3O3P/c1-5-31-33(30,32-6-2)14-18-9-7-17(8-10-18)13-29-21-12-19(25)11-20(26)22(21)23-24(29)15(3)27-16(4)28-23/h7-12H,5-6,13-14H2,1-4H3. The van der Waals surface area contributed by atoms with Gasteiger partial charge in [0.15, 0.2) is 0 Å². The van der Waals surface area contributed by atoms with Gasteiger partial charge in [-0.25, -0.2) is 18.7 Å². The molecule has 2 aromatic heterocycles. The summed E-state index contributed by atoms with van der Waals surface area (Å²) in [6, 6.07) is 9.72. The predicted octanol–water partition coefficient (Wildman–Crippen LogP) is 6.29. The van der Waals surface area contributed by atoms with Crippen LogP contribution in [0.25, 0.3) is 21.9 Å². The molecule has 4 rings (SSSR count). The van der Waals surface area contributed by atoms with Crippen molar-refractivity contribution in [2.75, 3.05) is 13.2 Å². The minimum absolute atomic E-state index is 0.174. The van der Waals surface area contributed by atoms with Gasteiger partial charge in [-0.2, -0.15) is 0 Å². The Morgan fingerprint density at radius 2 is 1.61 bits per heavy atom. The van der Waals surface area contributed by atoms with Crippen molar-refractivity contribution < 1.29 is 22.4 Å². The minimum Gasteiger partial charge on any atom is -0.333 e. The Hall–Kier alpha value is -2.67. The van der Waals surface area contributed by atoms with E-state index in [-0.39, 0.29) is 11.5 Å². The van der Waals surface area contributed by atoms with Gasteiger partial charge in [-0.05, 0) is 44.9 Å². The lowest BCUT2D eigenvalue weighted by atomic mass is 10.1. The summed E-state index contributed by atoms with van der Waals surface area (Å²) in [5, 5.41) is 0.283. The second kappa shape index (κ2) is 9.29. The quantitative estimate of drug-likeness (QED) is 0.281. The molecule has 174 valence electrons. The number of aryl methyl sites for hydroxylation is 2. The number of hydrogen-bond acceptors (Lipinski definition) is 5. The van der Waals surface area contributed by atoms with E-state index in [1.54, 1.807) is 20.8 Å². The van der Waals surface area contributed by atoms with Gasteiger partial charge in [0.1, 0.15) is 23.0 Å². The van der Waals surface area contributed by atoms with Crippen molar-refractivity contribution in [2.45, 2.75) is 40.4 Å². The summed E-state index contributed by atoms with van der Waals surface area (Å²) in [6.45, 7) is 8.11. The Balaban J connectivity index is 1.74. The summed E-state index contributed by atoms with van der Waals surface area (Å²) in [4.78, 5) is 8.89. The largest absolute Gasteiger partial charge is 0.335 e. The van der Waals surface area contributed by atoms with Gasteiger partial charge in [0, 0.05) is 12.6 Å². The molecule has 0 atom stereocenters. The summed E-state index contributed by atoms with van der Waals surface area (Å²) in [5.74, 6) is -0.770. The van der Waals surface area contributed by atoms with Gasteiger partial charge in [0.2, 0.25) is 0 Å². The zero-order valence-electron chi connectivity index (χ0n) is 19.1. The zero-order chi connectivity index (χ0) is 23.8. The highest BCUT2D eigenvalue weighted by Crippen LogP contribution is 2.51. The molecule has 0 radical (unpaired) electrons. The van der Waals surface area contributed by atoms with E-state index in [0.717, 1.165) is 17.2 Å². The lowest BCUT2D eigenvalue weighted by Crippen LogP contribution is -2.03. The van der Waals surface area contributed by atoms with Gasteiger partial charge in [-0.3, -0.25) is 4.57 Å². The maximum atomic E-state index is 14.8. The van der Waals surface area contributed by atoms with E-state index in [2.05, 4.69) is 9.97 Å². The second-order valence-electron chi connectivity index (χ2n) is 7.84. The van der Waals surface area contributed by atoms with Crippen LogP contribution in [0.5, 0.6) is 0 Å². The summed E-state index contributed by atoms with van der Waals surface area (Å²) >= 11 is 0. The van der Waals surface area contributed by atoms with Gasteiger partial charge >= 0.3 is 7.60 Å². The Morgan fingerprint density at radius 3 is 2.24 bits per heavy atom. The Labute approximate surface area is 191 Å². The lowest BCUT2D eigenvalue weighted by molar-refractivity contribution is 0.219. The van der Waals surface area contributed by atoms with Gasteiger partial charge in [-0.15, -0.1) is 0 Å². The maximum absolute atomic E-state index is 14.8. The van der Waals surface area contributed by atoms with E-state index in [1.807, 2.05) is 35.8 Å². The van der Waals surface area contributed by atoms with Gasteiger partial charge in [0.25, 0.3) is 0 Å². The predicted molar refractivity (Wildman–Crippen MR) is 125 cm³/mol. The molecular formula is C24H26F2N3O3P. The normalized spacial score (nSPS) is 12.2. The molecule has 0 aliphatic rings. The molecule has 33 heavy (non-hydrogen) atoms. The first kappa shape index (κ1) is 23.5. The molecule has 0 spiro atoms. The number of rotatable bonds is 8. The van der Waals surface area contributed by atoms with Crippen molar-refractivity contribution in [3.8, 4) is 0 Å². The summed E-state index contributed by atoms with van der Waals surface area (Å²) in [6.07, 6.45) is 0.174. The number of fused-ring (bicyclic) bond motifs is 3. The highest BCUT2D eigenvalue weighted by molar-refractivity contribution is 7.53. The van der Waals surface area contributed by atoms with Crippen molar-refractivity contribution in [3.63, 3.8) is 0 Å². The molecule has 2 aromatic carbocycles. The fourth-order valence-electron chi connectivity index (χ4n) is 4.17. The molecule has 0 fully saturated rings. The third-order valence-electron chi connectivity index (χ3n) is 5.39. The molecule has 4 aromatic rings. The molecule has 0 saturated heterocycles.